The van der Waals surface area contributed by atoms with Gasteiger partial charge in [-0.25, -0.2) is 8.42 Å². The first-order valence-electron chi connectivity index (χ1n) is 8.86. The van der Waals surface area contributed by atoms with E-state index in [4.69, 9.17) is 0 Å². The number of carbonyl (C=O) groups excluding carboxylic acids is 1. The van der Waals surface area contributed by atoms with Gasteiger partial charge in [0.25, 0.3) is 0 Å². The van der Waals surface area contributed by atoms with Crippen molar-refractivity contribution >= 4 is 28.4 Å². The van der Waals surface area contributed by atoms with Gasteiger partial charge in [-0.05, 0) is 17.5 Å². The molecule has 3 rings (SSSR count). The summed E-state index contributed by atoms with van der Waals surface area (Å²) in [4.78, 5) is 11.5. The number of sulfonamides is 1. The second kappa shape index (κ2) is 9.51. The molecule has 28 heavy (non-hydrogen) atoms. The number of esters is 1. The van der Waals surface area contributed by atoms with Crippen LogP contribution in [0.4, 0.5) is 0 Å². The van der Waals surface area contributed by atoms with E-state index >= 15 is 0 Å². The van der Waals surface area contributed by atoms with Crippen LogP contribution < -0.4 is 5.32 Å². The number of halogens is 1. The number of aryl methyl sites for hydroxylation is 1. The van der Waals surface area contributed by atoms with E-state index in [1.165, 1.54) is 34.1 Å². The molecule has 1 atom stereocenters. The largest absolute Gasteiger partial charge is 0.468 e. The smallest absolute Gasteiger partial charge is 0.327 e. The van der Waals surface area contributed by atoms with E-state index in [-0.39, 0.29) is 29.9 Å². The topological polar surface area (TPSA) is 93.5 Å². The highest BCUT2D eigenvalue weighted by molar-refractivity contribution is 7.89. The molecular formula is C18H25ClN4O4S. The lowest BCUT2D eigenvalue weighted by molar-refractivity contribution is -0.141. The minimum absolute atomic E-state index is 0. The maximum absolute atomic E-state index is 13.2. The molecule has 2 heterocycles. The van der Waals surface area contributed by atoms with Gasteiger partial charge in [-0.2, -0.15) is 9.40 Å². The van der Waals surface area contributed by atoms with Crippen LogP contribution in [0, 0.1) is 0 Å². The fourth-order valence-electron chi connectivity index (χ4n) is 3.13. The van der Waals surface area contributed by atoms with Crippen LogP contribution in [0.25, 0.3) is 0 Å². The zero-order valence-electron chi connectivity index (χ0n) is 15.9. The van der Waals surface area contributed by atoms with Gasteiger partial charge in [0.05, 0.1) is 19.3 Å². The predicted molar refractivity (Wildman–Crippen MR) is 107 cm³/mol. The Balaban J connectivity index is 0.00000280. The fourth-order valence-corrected chi connectivity index (χ4v) is 4.70. The lowest BCUT2D eigenvalue weighted by atomic mass is 10.0. The highest BCUT2D eigenvalue weighted by atomic mass is 35.5. The molecule has 1 saturated heterocycles. The Kier molecular flexibility index (Phi) is 7.59. The molecule has 0 amide bonds. The van der Waals surface area contributed by atoms with Crippen molar-refractivity contribution in [1.82, 2.24) is 19.4 Å². The molecule has 1 unspecified atom stereocenters. The molecule has 2 aromatic rings. The van der Waals surface area contributed by atoms with Gasteiger partial charge in [-0.15, -0.1) is 12.4 Å². The summed E-state index contributed by atoms with van der Waals surface area (Å²) >= 11 is 0. The van der Waals surface area contributed by atoms with Crippen molar-refractivity contribution < 1.29 is 17.9 Å². The first-order valence-corrected chi connectivity index (χ1v) is 10.3. The molecule has 154 valence electrons. The predicted octanol–water partition coefficient (Wildman–Crippen LogP) is 1.38. The number of rotatable bonds is 6. The summed E-state index contributed by atoms with van der Waals surface area (Å²) < 4.78 is 33.7. The van der Waals surface area contributed by atoms with Crippen molar-refractivity contribution in [2.45, 2.75) is 30.8 Å². The molecule has 8 nitrogen and oxygen atoms in total. The normalized spacial score (nSPS) is 17.7. The van der Waals surface area contributed by atoms with Gasteiger partial charge in [-0.1, -0.05) is 31.2 Å². The number of aromatic nitrogens is 2. The SMILES string of the molecule is CCc1ccc(C2CNCCN2S(=O)(=O)c2cnn(CC(=O)OC)c2)cc1.Cl. The van der Waals surface area contributed by atoms with Crippen LogP contribution in [0.5, 0.6) is 0 Å². The average molecular weight is 429 g/mol. The minimum Gasteiger partial charge on any atom is -0.468 e. The van der Waals surface area contributed by atoms with Crippen molar-refractivity contribution in [1.29, 1.82) is 0 Å². The third-order valence-corrected chi connectivity index (χ3v) is 6.56. The summed E-state index contributed by atoms with van der Waals surface area (Å²) in [5, 5.41) is 7.25. The summed E-state index contributed by atoms with van der Waals surface area (Å²) in [7, 11) is -2.46. The summed E-state index contributed by atoms with van der Waals surface area (Å²) in [6, 6.07) is 7.74. The average Bonchev–Trinajstić information content (AvgIpc) is 3.17. The van der Waals surface area contributed by atoms with E-state index in [2.05, 4.69) is 22.1 Å². The van der Waals surface area contributed by atoms with Gasteiger partial charge >= 0.3 is 5.97 Å². The Bertz CT molecular complexity index is 899. The molecule has 1 aromatic carbocycles. The Morgan fingerprint density at radius 3 is 2.68 bits per heavy atom. The van der Waals surface area contributed by atoms with E-state index in [9.17, 15) is 13.2 Å². The van der Waals surface area contributed by atoms with Crippen molar-refractivity contribution in [2.75, 3.05) is 26.7 Å². The van der Waals surface area contributed by atoms with E-state index in [1.54, 1.807) is 0 Å². The van der Waals surface area contributed by atoms with E-state index in [0.717, 1.165) is 12.0 Å². The lowest BCUT2D eigenvalue weighted by Crippen LogP contribution is -2.48. The van der Waals surface area contributed by atoms with Gasteiger partial charge in [0.1, 0.15) is 11.4 Å². The maximum atomic E-state index is 13.2. The molecule has 0 bridgehead atoms. The zero-order chi connectivity index (χ0) is 19.4. The molecule has 1 fully saturated rings. The third-order valence-electron chi connectivity index (χ3n) is 4.70. The van der Waals surface area contributed by atoms with Gasteiger partial charge in [-0.3, -0.25) is 9.48 Å². The molecule has 0 aliphatic carbocycles. The summed E-state index contributed by atoms with van der Waals surface area (Å²) in [5.74, 6) is -0.488. The van der Waals surface area contributed by atoms with Gasteiger partial charge < -0.3 is 10.1 Å². The summed E-state index contributed by atoms with van der Waals surface area (Å²) in [6.45, 7) is 3.44. The second-order valence-electron chi connectivity index (χ2n) is 6.38. The molecular weight excluding hydrogens is 404 g/mol. The minimum atomic E-state index is -3.74. The number of nitrogens with one attached hydrogen (secondary N) is 1. The Morgan fingerprint density at radius 1 is 1.32 bits per heavy atom. The van der Waals surface area contributed by atoms with E-state index in [0.29, 0.717) is 19.6 Å². The van der Waals surface area contributed by atoms with Crippen molar-refractivity contribution in [3.63, 3.8) is 0 Å². The first kappa shape index (κ1) is 22.4. The summed E-state index contributed by atoms with van der Waals surface area (Å²) in [6.07, 6.45) is 3.58. The number of piperazine rings is 1. The zero-order valence-corrected chi connectivity index (χ0v) is 17.5. The highest BCUT2D eigenvalue weighted by Gasteiger charge is 2.35. The highest BCUT2D eigenvalue weighted by Crippen LogP contribution is 2.29. The number of carbonyl (C=O) groups is 1. The molecule has 1 aliphatic rings. The number of nitrogens with zero attached hydrogens (tertiary/aromatic N) is 3. The monoisotopic (exact) mass is 428 g/mol. The fraction of sp³-hybridized carbons (Fsp3) is 0.444. The van der Waals surface area contributed by atoms with Crippen molar-refractivity contribution in [3.8, 4) is 0 Å². The molecule has 1 aliphatic heterocycles. The first-order chi connectivity index (χ1) is 13.0. The van der Waals surface area contributed by atoms with Crippen LogP contribution >= 0.6 is 12.4 Å². The van der Waals surface area contributed by atoms with Crippen LogP contribution in [-0.2, 0) is 32.5 Å². The van der Waals surface area contributed by atoms with Gasteiger partial charge in [0.2, 0.25) is 10.0 Å². The lowest BCUT2D eigenvalue weighted by Gasteiger charge is -2.35. The van der Waals surface area contributed by atoms with E-state index in [1.807, 2.05) is 24.3 Å². The third kappa shape index (κ3) is 4.72. The molecule has 1 aromatic heterocycles. The standard InChI is InChI=1S/C18H24N4O4S.ClH/c1-3-14-4-6-15(7-5-14)17-11-19-8-9-22(17)27(24,25)16-10-20-21(12-16)13-18(23)26-2;/h4-7,10,12,17,19H,3,8-9,11,13H2,1-2H3;1H. The van der Waals surface area contributed by atoms with Crippen molar-refractivity contribution in [3.05, 3.63) is 47.8 Å². The number of hydrogen-bond acceptors (Lipinski definition) is 6. The number of ether oxygens (including phenoxy) is 1. The Morgan fingerprint density at radius 2 is 2.04 bits per heavy atom. The maximum Gasteiger partial charge on any atom is 0.327 e. The number of hydrogen-bond donors (Lipinski definition) is 1. The molecule has 10 heteroatoms. The number of benzene rings is 1. The summed E-state index contributed by atoms with van der Waals surface area (Å²) in [5.41, 5.74) is 2.16. The Labute approximate surface area is 171 Å². The molecule has 0 spiro atoms. The molecule has 0 radical (unpaired) electrons. The van der Waals surface area contributed by atoms with Crippen LogP contribution in [0.3, 0.4) is 0 Å². The van der Waals surface area contributed by atoms with Gasteiger partial charge in [0, 0.05) is 25.8 Å². The van der Waals surface area contributed by atoms with E-state index < -0.39 is 16.0 Å². The second-order valence-corrected chi connectivity index (χ2v) is 8.27. The Hall–Kier alpha value is -1.94. The van der Waals surface area contributed by atoms with Crippen LogP contribution in [0.1, 0.15) is 24.1 Å². The van der Waals surface area contributed by atoms with Crippen LogP contribution in [-0.4, -0.2) is 55.2 Å². The molecule has 1 N–H and O–H groups in total. The number of methoxy groups -OCH3 is 1. The van der Waals surface area contributed by atoms with Crippen LogP contribution in [0.15, 0.2) is 41.6 Å². The van der Waals surface area contributed by atoms with Crippen molar-refractivity contribution in [2.24, 2.45) is 0 Å². The molecule has 0 saturated carbocycles. The quantitative estimate of drug-likeness (QED) is 0.698. The van der Waals surface area contributed by atoms with Gasteiger partial charge in [0.15, 0.2) is 0 Å². The van der Waals surface area contributed by atoms with Crippen LogP contribution in [0.2, 0.25) is 0 Å².